The Morgan fingerprint density at radius 2 is 1.91 bits per heavy atom. The summed E-state index contributed by atoms with van der Waals surface area (Å²) in [5, 5.41) is 7.83. The summed E-state index contributed by atoms with van der Waals surface area (Å²) in [6.45, 7) is 7.00. The fourth-order valence-electron chi connectivity index (χ4n) is 4.15. The van der Waals surface area contributed by atoms with E-state index in [4.69, 9.17) is 4.42 Å². The number of rotatable bonds is 5. The van der Waals surface area contributed by atoms with Crippen LogP contribution >= 0.6 is 0 Å². The highest BCUT2D eigenvalue weighted by Crippen LogP contribution is 2.26. The highest BCUT2D eigenvalue weighted by atomic mass is 16.3. The smallest absolute Gasteiger partial charge is 0.289 e. The Morgan fingerprint density at radius 3 is 2.59 bits per heavy atom. The summed E-state index contributed by atoms with van der Waals surface area (Å²) in [6, 6.07) is 11.8. The normalized spacial score (nSPS) is 14.2. The molecule has 1 aliphatic rings. The molecular weight excluding hydrogens is 406 g/mol. The van der Waals surface area contributed by atoms with Crippen LogP contribution in [0.25, 0.3) is 5.78 Å². The summed E-state index contributed by atoms with van der Waals surface area (Å²) in [7, 11) is 0. The molecule has 9 heteroatoms. The number of carbonyl (C=O) groups excluding carboxylic acids is 1. The maximum absolute atomic E-state index is 12.5. The largest absolute Gasteiger partial charge is 0.459 e. The van der Waals surface area contributed by atoms with E-state index in [0.29, 0.717) is 24.6 Å². The van der Waals surface area contributed by atoms with E-state index in [1.165, 1.54) is 12.6 Å². The summed E-state index contributed by atoms with van der Waals surface area (Å²) in [6.07, 6.45) is 3.89. The van der Waals surface area contributed by atoms with Gasteiger partial charge >= 0.3 is 0 Å². The predicted molar refractivity (Wildman–Crippen MR) is 121 cm³/mol. The number of hydrogen-bond acceptors (Lipinski definition) is 7. The number of aryl methyl sites for hydroxylation is 1. The summed E-state index contributed by atoms with van der Waals surface area (Å²) < 4.78 is 6.99. The zero-order valence-electron chi connectivity index (χ0n) is 18.2. The van der Waals surface area contributed by atoms with Gasteiger partial charge in [-0.2, -0.15) is 14.6 Å². The van der Waals surface area contributed by atoms with Crippen LogP contribution in [0.2, 0.25) is 0 Å². The molecule has 3 aromatic heterocycles. The van der Waals surface area contributed by atoms with E-state index >= 15 is 0 Å². The van der Waals surface area contributed by atoms with Gasteiger partial charge in [0.05, 0.1) is 6.26 Å². The first kappa shape index (κ1) is 20.0. The highest BCUT2D eigenvalue weighted by Gasteiger charge is 2.24. The van der Waals surface area contributed by atoms with Crippen molar-refractivity contribution < 1.29 is 9.21 Å². The van der Waals surface area contributed by atoms with E-state index in [2.05, 4.69) is 56.5 Å². The van der Waals surface area contributed by atoms with E-state index in [9.17, 15) is 4.79 Å². The topological polar surface area (TPSA) is 91.8 Å². The van der Waals surface area contributed by atoms with Crippen molar-refractivity contribution in [2.45, 2.75) is 20.3 Å². The lowest BCUT2D eigenvalue weighted by molar-refractivity contribution is 0.0714. The van der Waals surface area contributed by atoms with E-state index in [1.807, 2.05) is 11.8 Å². The van der Waals surface area contributed by atoms with Crippen LogP contribution in [0.4, 0.5) is 17.2 Å². The first-order valence-corrected chi connectivity index (χ1v) is 10.8. The predicted octanol–water partition coefficient (Wildman–Crippen LogP) is 3.29. The van der Waals surface area contributed by atoms with Crippen molar-refractivity contribution in [3.05, 3.63) is 66.0 Å². The number of carbonyl (C=O) groups is 1. The Balaban J connectivity index is 1.28. The number of benzene rings is 1. The molecule has 32 heavy (non-hydrogen) atoms. The minimum absolute atomic E-state index is 0.0482. The number of nitrogens with one attached hydrogen (secondary N) is 1. The number of amides is 1. The Labute approximate surface area is 185 Å². The lowest BCUT2D eigenvalue weighted by atomic mass is 10.1. The van der Waals surface area contributed by atoms with Crippen LogP contribution in [-0.4, -0.2) is 56.6 Å². The summed E-state index contributed by atoms with van der Waals surface area (Å²) in [5.41, 5.74) is 4.17. The quantitative estimate of drug-likeness (QED) is 0.518. The Morgan fingerprint density at radius 1 is 1.12 bits per heavy atom. The fourth-order valence-corrected chi connectivity index (χ4v) is 4.15. The Hall–Kier alpha value is -3.88. The SMILES string of the molecule is CCc1c(C)nc2ncnn2c1Nc1ccc(N2CCN(C(=O)c3ccco3)CC2)cc1. The average molecular weight is 432 g/mol. The molecule has 4 heterocycles. The van der Waals surface area contributed by atoms with Gasteiger partial charge in [-0.3, -0.25) is 4.79 Å². The van der Waals surface area contributed by atoms with Crippen LogP contribution in [0.1, 0.15) is 28.7 Å². The van der Waals surface area contributed by atoms with Gasteiger partial charge < -0.3 is 19.5 Å². The second kappa shape index (κ2) is 8.33. The third kappa shape index (κ3) is 3.66. The molecule has 9 nitrogen and oxygen atoms in total. The van der Waals surface area contributed by atoms with Crippen LogP contribution in [-0.2, 0) is 6.42 Å². The van der Waals surface area contributed by atoms with Gasteiger partial charge in [0.15, 0.2) is 5.76 Å². The number of piperazine rings is 1. The molecule has 0 aliphatic carbocycles. The Kier molecular flexibility index (Phi) is 5.22. The number of aromatic nitrogens is 4. The summed E-state index contributed by atoms with van der Waals surface area (Å²) in [4.78, 5) is 25.3. The molecule has 164 valence electrons. The van der Waals surface area contributed by atoms with Gasteiger partial charge in [-0.05, 0) is 49.7 Å². The lowest BCUT2D eigenvalue weighted by Crippen LogP contribution is -2.48. The summed E-state index contributed by atoms with van der Waals surface area (Å²) in [5.74, 6) is 1.83. The number of furan rings is 1. The second-order valence-corrected chi connectivity index (χ2v) is 7.78. The van der Waals surface area contributed by atoms with Crippen molar-refractivity contribution in [2.75, 3.05) is 36.4 Å². The fraction of sp³-hybridized carbons (Fsp3) is 0.304. The van der Waals surface area contributed by atoms with Gasteiger partial charge in [0.25, 0.3) is 11.7 Å². The van der Waals surface area contributed by atoms with Crippen LogP contribution in [0.15, 0.2) is 53.4 Å². The first-order valence-electron chi connectivity index (χ1n) is 10.8. The maximum Gasteiger partial charge on any atom is 0.289 e. The lowest BCUT2D eigenvalue weighted by Gasteiger charge is -2.35. The second-order valence-electron chi connectivity index (χ2n) is 7.78. The van der Waals surface area contributed by atoms with E-state index in [-0.39, 0.29) is 5.91 Å². The zero-order chi connectivity index (χ0) is 22.1. The molecule has 1 fully saturated rings. The van der Waals surface area contributed by atoms with Gasteiger partial charge in [0.1, 0.15) is 12.1 Å². The van der Waals surface area contributed by atoms with E-state index < -0.39 is 0 Å². The van der Waals surface area contributed by atoms with E-state index in [0.717, 1.165) is 48.0 Å². The van der Waals surface area contributed by atoms with Crippen molar-refractivity contribution in [1.82, 2.24) is 24.5 Å². The first-order chi connectivity index (χ1) is 15.6. The maximum atomic E-state index is 12.5. The molecule has 1 aromatic carbocycles. The van der Waals surface area contributed by atoms with Crippen molar-refractivity contribution in [2.24, 2.45) is 0 Å². The van der Waals surface area contributed by atoms with Crippen molar-refractivity contribution in [3.63, 3.8) is 0 Å². The monoisotopic (exact) mass is 431 g/mol. The number of fused-ring (bicyclic) bond motifs is 1. The third-order valence-electron chi connectivity index (χ3n) is 5.88. The van der Waals surface area contributed by atoms with Gasteiger partial charge in [-0.15, -0.1) is 0 Å². The third-order valence-corrected chi connectivity index (χ3v) is 5.88. The minimum Gasteiger partial charge on any atom is -0.459 e. The molecule has 1 saturated heterocycles. The molecule has 0 unspecified atom stereocenters. The van der Waals surface area contributed by atoms with E-state index in [1.54, 1.807) is 16.6 Å². The number of hydrogen-bond donors (Lipinski definition) is 1. The van der Waals surface area contributed by atoms with Crippen molar-refractivity contribution in [1.29, 1.82) is 0 Å². The van der Waals surface area contributed by atoms with Gasteiger partial charge in [-0.1, -0.05) is 6.92 Å². The van der Waals surface area contributed by atoms with Gasteiger partial charge in [-0.25, -0.2) is 4.98 Å². The van der Waals surface area contributed by atoms with Crippen LogP contribution in [0.5, 0.6) is 0 Å². The molecule has 0 bridgehead atoms. The van der Waals surface area contributed by atoms with Gasteiger partial charge in [0.2, 0.25) is 0 Å². The van der Waals surface area contributed by atoms with Crippen molar-refractivity contribution in [3.8, 4) is 0 Å². The molecule has 1 N–H and O–H groups in total. The van der Waals surface area contributed by atoms with Crippen LogP contribution in [0.3, 0.4) is 0 Å². The van der Waals surface area contributed by atoms with Crippen LogP contribution in [0, 0.1) is 6.92 Å². The molecule has 0 atom stereocenters. The molecule has 1 amide bonds. The van der Waals surface area contributed by atoms with Gasteiger partial charge in [0, 0.05) is 48.8 Å². The minimum atomic E-state index is -0.0482. The molecule has 5 rings (SSSR count). The Bertz CT molecular complexity index is 1220. The van der Waals surface area contributed by atoms with Crippen LogP contribution < -0.4 is 10.2 Å². The highest BCUT2D eigenvalue weighted by molar-refractivity contribution is 5.91. The molecular formula is C23H25N7O2. The molecule has 0 spiro atoms. The molecule has 1 aliphatic heterocycles. The number of nitrogens with zero attached hydrogens (tertiary/aromatic N) is 6. The zero-order valence-corrected chi connectivity index (χ0v) is 18.2. The average Bonchev–Trinajstić information content (AvgIpc) is 3.52. The number of anilines is 3. The molecule has 0 radical (unpaired) electrons. The molecule has 0 saturated carbocycles. The standard InChI is InChI=1S/C23H25N7O2/c1-3-19-16(2)26-23-24-15-25-30(23)21(19)27-17-6-8-18(9-7-17)28-10-12-29(13-11-28)22(31)20-5-4-14-32-20/h4-9,14-15,27H,3,10-13H2,1-2H3. The van der Waals surface area contributed by atoms with Crippen molar-refractivity contribution >= 4 is 28.9 Å². The summed E-state index contributed by atoms with van der Waals surface area (Å²) >= 11 is 0. The molecule has 4 aromatic rings.